The quantitative estimate of drug-likeness (QED) is 0.753. The molecule has 1 heterocycles. The maximum atomic E-state index is 10.8. The SMILES string of the molecule is COc1cc(C=O)cc(Cl)c1OCCN1CCCC1. The molecule has 1 aliphatic heterocycles. The minimum Gasteiger partial charge on any atom is -0.493 e. The number of likely N-dealkylation sites (tertiary alicyclic amines) is 1. The number of rotatable bonds is 6. The minimum absolute atomic E-state index is 0.405. The predicted molar refractivity (Wildman–Crippen MR) is 74.6 cm³/mol. The monoisotopic (exact) mass is 283 g/mol. The van der Waals surface area contributed by atoms with E-state index in [0.29, 0.717) is 28.7 Å². The van der Waals surface area contributed by atoms with Gasteiger partial charge in [-0.15, -0.1) is 0 Å². The molecule has 0 amide bonds. The van der Waals surface area contributed by atoms with E-state index < -0.39 is 0 Å². The normalized spacial score (nSPS) is 15.5. The lowest BCUT2D eigenvalue weighted by atomic mass is 10.2. The third-order valence-corrected chi connectivity index (χ3v) is 3.52. The number of carbonyl (C=O) groups is 1. The molecule has 0 spiro atoms. The average Bonchev–Trinajstić information content (AvgIpc) is 2.93. The fourth-order valence-electron chi connectivity index (χ4n) is 2.23. The maximum absolute atomic E-state index is 10.8. The van der Waals surface area contributed by atoms with Crippen LogP contribution < -0.4 is 9.47 Å². The number of hydrogen-bond donors (Lipinski definition) is 0. The Morgan fingerprint density at radius 2 is 2.11 bits per heavy atom. The third-order valence-electron chi connectivity index (χ3n) is 3.24. The topological polar surface area (TPSA) is 38.8 Å². The number of halogens is 1. The van der Waals surface area contributed by atoms with Crippen LogP contribution in [-0.4, -0.2) is 44.5 Å². The van der Waals surface area contributed by atoms with Crippen molar-refractivity contribution in [1.82, 2.24) is 4.90 Å². The number of hydrogen-bond acceptors (Lipinski definition) is 4. The highest BCUT2D eigenvalue weighted by molar-refractivity contribution is 6.32. The maximum Gasteiger partial charge on any atom is 0.179 e. The van der Waals surface area contributed by atoms with Crippen molar-refractivity contribution in [2.24, 2.45) is 0 Å². The molecule has 1 aromatic rings. The van der Waals surface area contributed by atoms with Gasteiger partial charge in [-0.2, -0.15) is 0 Å². The first-order chi connectivity index (χ1) is 9.24. The number of benzene rings is 1. The lowest BCUT2D eigenvalue weighted by Crippen LogP contribution is -2.25. The summed E-state index contributed by atoms with van der Waals surface area (Å²) in [5.41, 5.74) is 0.480. The number of nitrogens with zero attached hydrogens (tertiary/aromatic N) is 1. The summed E-state index contributed by atoms with van der Waals surface area (Å²) in [6.07, 6.45) is 3.26. The third kappa shape index (κ3) is 3.61. The van der Waals surface area contributed by atoms with E-state index in [1.807, 2.05) is 0 Å². The van der Waals surface area contributed by atoms with E-state index in [2.05, 4.69) is 4.90 Å². The molecule has 19 heavy (non-hydrogen) atoms. The molecule has 0 aromatic heterocycles. The van der Waals surface area contributed by atoms with Gasteiger partial charge >= 0.3 is 0 Å². The predicted octanol–water partition coefficient (Wildman–Crippen LogP) is 2.64. The fraction of sp³-hybridized carbons (Fsp3) is 0.500. The van der Waals surface area contributed by atoms with Crippen LogP contribution in [0.2, 0.25) is 5.02 Å². The van der Waals surface area contributed by atoms with Gasteiger partial charge in [-0.3, -0.25) is 9.69 Å². The van der Waals surface area contributed by atoms with Gasteiger partial charge in [-0.25, -0.2) is 0 Å². The smallest absolute Gasteiger partial charge is 0.179 e. The van der Waals surface area contributed by atoms with Crippen LogP contribution in [0.3, 0.4) is 0 Å². The Bertz CT molecular complexity index is 445. The Balaban J connectivity index is 1.99. The molecule has 1 aromatic carbocycles. The summed E-state index contributed by atoms with van der Waals surface area (Å²) in [5, 5.41) is 0.405. The Morgan fingerprint density at radius 1 is 1.37 bits per heavy atom. The summed E-state index contributed by atoms with van der Waals surface area (Å²) in [5.74, 6) is 1.00. The first kappa shape index (κ1) is 14.2. The molecule has 0 N–H and O–H groups in total. The Morgan fingerprint density at radius 3 is 2.74 bits per heavy atom. The highest BCUT2D eigenvalue weighted by atomic mass is 35.5. The van der Waals surface area contributed by atoms with Crippen LogP contribution in [0, 0.1) is 0 Å². The van der Waals surface area contributed by atoms with Gasteiger partial charge in [-0.1, -0.05) is 11.6 Å². The van der Waals surface area contributed by atoms with Crippen molar-refractivity contribution >= 4 is 17.9 Å². The zero-order chi connectivity index (χ0) is 13.7. The van der Waals surface area contributed by atoms with E-state index in [1.165, 1.54) is 20.0 Å². The molecule has 5 heteroatoms. The van der Waals surface area contributed by atoms with Gasteiger partial charge in [0.25, 0.3) is 0 Å². The lowest BCUT2D eigenvalue weighted by Gasteiger charge is -2.17. The molecule has 0 unspecified atom stereocenters. The van der Waals surface area contributed by atoms with Gasteiger partial charge in [0.05, 0.1) is 12.1 Å². The van der Waals surface area contributed by atoms with Crippen LogP contribution in [0.15, 0.2) is 12.1 Å². The van der Waals surface area contributed by atoms with Crippen LogP contribution in [0.4, 0.5) is 0 Å². The first-order valence-corrected chi connectivity index (χ1v) is 6.80. The zero-order valence-corrected chi connectivity index (χ0v) is 11.8. The number of ether oxygens (including phenoxy) is 2. The van der Waals surface area contributed by atoms with Crippen molar-refractivity contribution in [3.05, 3.63) is 22.7 Å². The van der Waals surface area contributed by atoms with E-state index >= 15 is 0 Å². The second kappa shape index (κ2) is 6.78. The summed E-state index contributed by atoms with van der Waals surface area (Å²) in [6, 6.07) is 3.21. The van der Waals surface area contributed by atoms with Gasteiger partial charge in [0, 0.05) is 12.1 Å². The number of aldehydes is 1. The fourth-order valence-corrected chi connectivity index (χ4v) is 2.50. The van der Waals surface area contributed by atoms with Crippen LogP contribution in [0.25, 0.3) is 0 Å². The molecule has 4 nitrogen and oxygen atoms in total. The summed E-state index contributed by atoms with van der Waals surface area (Å²) in [6.45, 7) is 3.72. The van der Waals surface area contributed by atoms with Crippen LogP contribution in [0.1, 0.15) is 23.2 Å². The van der Waals surface area contributed by atoms with Crippen molar-refractivity contribution in [3.8, 4) is 11.5 Å². The van der Waals surface area contributed by atoms with Crippen molar-refractivity contribution in [2.45, 2.75) is 12.8 Å². The Kier molecular flexibility index (Phi) is 5.05. The molecule has 1 fully saturated rings. The highest BCUT2D eigenvalue weighted by Crippen LogP contribution is 2.36. The highest BCUT2D eigenvalue weighted by Gasteiger charge is 2.14. The molecule has 1 saturated heterocycles. The zero-order valence-electron chi connectivity index (χ0n) is 11.0. The molecule has 1 aliphatic rings. The van der Waals surface area contributed by atoms with Crippen LogP contribution in [-0.2, 0) is 0 Å². The summed E-state index contributed by atoms with van der Waals surface area (Å²) >= 11 is 6.11. The Labute approximate surface area is 118 Å². The van der Waals surface area contributed by atoms with Gasteiger partial charge in [0.2, 0.25) is 0 Å². The van der Waals surface area contributed by atoms with Gasteiger partial charge in [0.15, 0.2) is 11.5 Å². The van der Waals surface area contributed by atoms with Crippen molar-refractivity contribution in [3.63, 3.8) is 0 Å². The molecule has 0 bridgehead atoms. The molecule has 2 rings (SSSR count). The largest absolute Gasteiger partial charge is 0.493 e. The van der Waals surface area contributed by atoms with Gasteiger partial charge in [0.1, 0.15) is 12.9 Å². The first-order valence-electron chi connectivity index (χ1n) is 6.42. The van der Waals surface area contributed by atoms with E-state index in [4.69, 9.17) is 21.1 Å². The lowest BCUT2D eigenvalue weighted by molar-refractivity contribution is 0.112. The second-order valence-electron chi connectivity index (χ2n) is 4.55. The summed E-state index contributed by atoms with van der Waals surface area (Å²) in [4.78, 5) is 13.1. The number of methoxy groups -OCH3 is 1. The van der Waals surface area contributed by atoms with Gasteiger partial charge < -0.3 is 9.47 Å². The van der Waals surface area contributed by atoms with E-state index in [1.54, 1.807) is 12.1 Å². The standard InChI is InChI=1S/C14H18ClNO3/c1-18-13-9-11(10-17)8-12(15)14(13)19-7-6-16-4-2-3-5-16/h8-10H,2-7H2,1H3. The molecule has 0 aliphatic carbocycles. The van der Waals surface area contributed by atoms with Crippen LogP contribution in [0.5, 0.6) is 11.5 Å². The molecule has 0 saturated carbocycles. The molecule has 104 valence electrons. The second-order valence-corrected chi connectivity index (χ2v) is 4.96. The summed E-state index contributed by atoms with van der Waals surface area (Å²) in [7, 11) is 1.54. The van der Waals surface area contributed by atoms with E-state index in [-0.39, 0.29) is 0 Å². The molecular formula is C14H18ClNO3. The summed E-state index contributed by atoms with van der Waals surface area (Å²) < 4.78 is 10.9. The van der Waals surface area contributed by atoms with E-state index in [9.17, 15) is 4.79 Å². The van der Waals surface area contributed by atoms with Gasteiger partial charge in [-0.05, 0) is 38.1 Å². The minimum atomic E-state index is 0.405. The molecule has 0 atom stereocenters. The van der Waals surface area contributed by atoms with E-state index in [0.717, 1.165) is 25.9 Å². The molecular weight excluding hydrogens is 266 g/mol. The van der Waals surface area contributed by atoms with Crippen molar-refractivity contribution in [2.75, 3.05) is 33.4 Å². The van der Waals surface area contributed by atoms with Crippen LogP contribution >= 0.6 is 11.6 Å². The van der Waals surface area contributed by atoms with Crippen molar-refractivity contribution in [1.29, 1.82) is 0 Å². The molecule has 0 radical (unpaired) electrons. The van der Waals surface area contributed by atoms with Crippen molar-refractivity contribution < 1.29 is 14.3 Å². The average molecular weight is 284 g/mol. The Hall–Kier alpha value is -1.26. The number of carbonyl (C=O) groups excluding carboxylic acids is 1.